The number of aromatic nitrogens is 3. The lowest BCUT2D eigenvalue weighted by atomic mass is 10.2. The summed E-state index contributed by atoms with van der Waals surface area (Å²) in [7, 11) is 0. The first-order chi connectivity index (χ1) is 10.3. The van der Waals surface area contributed by atoms with Crippen LogP contribution in [0.25, 0.3) is 0 Å². The third-order valence-corrected chi connectivity index (χ3v) is 5.42. The van der Waals surface area contributed by atoms with Crippen molar-refractivity contribution in [3.05, 3.63) is 34.1 Å². The predicted molar refractivity (Wildman–Crippen MR) is 83.2 cm³/mol. The minimum absolute atomic E-state index is 0.597. The number of hydrogen-bond donors (Lipinski definition) is 0. The van der Waals surface area contributed by atoms with E-state index < -0.39 is 0 Å². The van der Waals surface area contributed by atoms with E-state index in [1.165, 1.54) is 31.5 Å². The fourth-order valence-electron chi connectivity index (χ4n) is 2.41. The van der Waals surface area contributed by atoms with Gasteiger partial charge in [0.1, 0.15) is 11.9 Å². The van der Waals surface area contributed by atoms with Crippen LogP contribution in [-0.4, -0.2) is 14.8 Å². The Morgan fingerprint density at radius 3 is 2.67 bits per heavy atom. The summed E-state index contributed by atoms with van der Waals surface area (Å²) in [5.41, 5.74) is 0.654. The van der Waals surface area contributed by atoms with Crippen molar-refractivity contribution in [3.8, 4) is 6.07 Å². The maximum Gasteiger partial charge on any atom is 0.196 e. The van der Waals surface area contributed by atoms with Gasteiger partial charge in [0.15, 0.2) is 5.16 Å². The molecule has 1 aromatic heterocycles. The van der Waals surface area contributed by atoms with E-state index in [0.29, 0.717) is 17.5 Å². The zero-order valence-electron chi connectivity index (χ0n) is 11.3. The van der Waals surface area contributed by atoms with Gasteiger partial charge in [0.25, 0.3) is 0 Å². The molecule has 0 radical (unpaired) electrons. The summed E-state index contributed by atoms with van der Waals surface area (Å²) in [6, 6.07) is 8.55. The minimum Gasteiger partial charge on any atom is -0.302 e. The van der Waals surface area contributed by atoms with Crippen molar-refractivity contribution in [2.24, 2.45) is 0 Å². The molecular weight excluding hydrogens is 348 g/mol. The van der Waals surface area contributed by atoms with Crippen LogP contribution in [0.15, 0.2) is 32.7 Å². The van der Waals surface area contributed by atoms with Gasteiger partial charge in [-0.2, -0.15) is 5.26 Å². The Kier molecular flexibility index (Phi) is 3.27. The molecule has 2 aromatic rings. The number of nitrogens with zero attached hydrogens (tertiary/aromatic N) is 4. The van der Waals surface area contributed by atoms with Gasteiger partial charge in [-0.05, 0) is 71.6 Å². The SMILES string of the molecule is N#Cc1ccc(Sc2nnc(C3CC3)n2C2CC2)cc1Br. The average molecular weight is 361 g/mol. The molecule has 106 valence electrons. The Bertz CT molecular complexity index is 741. The summed E-state index contributed by atoms with van der Waals surface area (Å²) in [5, 5.41) is 18.8. The second-order valence-electron chi connectivity index (χ2n) is 5.57. The van der Waals surface area contributed by atoms with Crippen molar-refractivity contribution in [2.45, 2.75) is 47.7 Å². The van der Waals surface area contributed by atoms with Crippen LogP contribution in [0, 0.1) is 11.3 Å². The number of nitriles is 1. The van der Waals surface area contributed by atoms with Crippen LogP contribution in [-0.2, 0) is 0 Å². The standard InChI is InChI=1S/C15H13BrN4S/c16-13-7-12(6-3-10(13)8-17)21-15-19-18-14(9-1-2-9)20(15)11-4-5-11/h3,6-7,9,11H,1-2,4-5H2. The molecule has 2 aliphatic rings. The fraction of sp³-hybridized carbons (Fsp3) is 0.400. The number of hydrogen-bond acceptors (Lipinski definition) is 4. The topological polar surface area (TPSA) is 54.5 Å². The Labute approximate surface area is 135 Å². The molecule has 0 amide bonds. The lowest BCUT2D eigenvalue weighted by Crippen LogP contribution is -2.01. The number of halogens is 1. The largest absolute Gasteiger partial charge is 0.302 e. The van der Waals surface area contributed by atoms with Gasteiger partial charge in [0, 0.05) is 21.3 Å². The van der Waals surface area contributed by atoms with E-state index in [-0.39, 0.29) is 0 Å². The van der Waals surface area contributed by atoms with Gasteiger partial charge >= 0.3 is 0 Å². The maximum absolute atomic E-state index is 8.98. The Hall–Kier alpha value is -1.32. The monoisotopic (exact) mass is 360 g/mol. The molecule has 2 fully saturated rings. The van der Waals surface area contributed by atoms with Gasteiger partial charge in [-0.15, -0.1) is 10.2 Å². The molecule has 0 unspecified atom stereocenters. The van der Waals surface area contributed by atoms with Crippen LogP contribution in [0.5, 0.6) is 0 Å². The molecule has 4 rings (SSSR count). The molecular formula is C15H13BrN4S. The van der Waals surface area contributed by atoms with Gasteiger partial charge in [-0.25, -0.2) is 0 Å². The summed E-state index contributed by atoms with van der Waals surface area (Å²) >= 11 is 5.07. The van der Waals surface area contributed by atoms with Crippen molar-refractivity contribution in [1.29, 1.82) is 5.26 Å². The molecule has 1 aromatic carbocycles. The minimum atomic E-state index is 0.597. The van der Waals surface area contributed by atoms with E-state index in [1.807, 2.05) is 18.2 Å². The smallest absolute Gasteiger partial charge is 0.196 e. The van der Waals surface area contributed by atoms with Crippen molar-refractivity contribution in [3.63, 3.8) is 0 Å². The van der Waals surface area contributed by atoms with E-state index >= 15 is 0 Å². The first-order valence-corrected chi connectivity index (χ1v) is 8.69. The maximum atomic E-state index is 8.98. The third-order valence-electron chi connectivity index (χ3n) is 3.82. The van der Waals surface area contributed by atoms with Gasteiger partial charge in [-0.3, -0.25) is 0 Å². The van der Waals surface area contributed by atoms with E-state index in [2.05, 4.69) is 36.8 Å². The molecule has 4 nitrogen and oxygen atoms in total. The summed E-state index contributed by atoms with van der Waals surface area (Å²) < 4.78 is 3.17. The van der Waals surface area contributed by atoms with Crippen LogP contribution < -0.4 is 0 Å². The summed E-state index contributed by atoms with van der Waals surface area (Å²) in [6.45, 7) is 0. The van der Waals surface area contributed by atoms with Crippen molar-refractivity contribution < 1.29 is 0 Å². The third kappa shape index (κ3) is 2.60. The van der Waals surface area contributed by atoms with Crippen LogP contribution in [0.4, 0.5) is 0 Å². The van der Waals surface area contributed by atoms with Crippen molar-refractivity contribution >= 4 is 27.7 Å². The molecule has 0 saturated heterocycles. The summed E-state index contributed by atoms with van der Waals surface area (Å²) in [6.07, 6.45) is 4.97. The van der Waals surface area contributed by atoms with Gasteiger partial charge in [0.2, 0.25) is 0 Å². The van der Waals surface area contributed by atoms with Crippen LogP contribution in [0.1, 0.15) is 49.0 Å². The van der Waals surface area contributed by atoms with Gasteiger partial charge in [-0.1, -0.05) is 0 Å². The lowest BCUT2D eigenvalue weighted by Gasteiger charge is -2.08. The second kappa shape index (κ2) is 5.15. The van der Waals surface area contributed by atoms with E-state index in [9.17, 15) is 0 Å². The van der Waals surface area contributed by atoms with E-state index in [0.717, 1.165) is 14.5 Å². The molecule has 6 heteroatoms. The normalized spacial score (nSPS) is 17.7. The lowest BCUT2D eigenvalue weighted by molar-refractivity contribution is 0.627. The Morgan fingerprint density at radius 1 is 1.24 bits per heavy atom. The van der Waals surface area contributed by atoms with Crippen molar-refractivity contribution in [1.82, 2.24) is 14.8 Å². The molecule has 1 heterocycles. The first kappa shape index (κ1) is 13.4. The van der Waals surface area contributed by atoms with E-state index in [1.54, 1.807) is 11.8 Å². The molecule has 0 atom stereocenters. The molecule has 0 aliphatic heterocycles. The molecule has 0 spiro atoms. The zero-order chi connectivity index (χ0) is 14.4. The second-order valence-corrected chi connectivity index (χ2v) is 7.47. The highest BCUT2D eigenvalue weighted by Crippen LogP contribution is 2.46. The summed E-state index contributed by atoms with van der Waals surface area (Å²) in [4.78, 5) is 1.08. The number of rotatable bonds is 4. The first-order valence-electron chi connectivity index (χ1n) is 7.08. The molecule has 0 bridgehead atoms. The van der Waals surface area contributed by atoms with Crippen LogP contribution >= 0.6 is 27.7 Å². The Balaban J connectivity index is 1.65. The molecule has 0 N–H and O–H groups in total. The van der Waals surface area contributed by atoms with Gasteiger partial charge in [0.05, 0.1) is 5.56 Å². The van der Waals surface area contributed by atoms with Crippen molar-refractivity contribution in [2.75, 3.05) is 0 Å². The molecule has 21 heavy (non-hydrogen) atoms. The fourth-order valence-corrected chi connectivity index (χ4v) is 3.97. The van der Waals surface area contributed by atoms with Gasteiger partial charge < -0.3 is 4.57 Å². The average Bonchev–Trinajstić information content (AvgIpc) is 3.39. The molecule has 2 aliphatic carbocycles. The van der Waals surface area contributed by atoms with Crippen LogP contribution in [0.3, 0.4) is 0 Å². The number of benzene rings is 1. The highest BCUT2D eigenvalue weighted by molar-refractivity contribution is 9.10. The van der Waals surface area contributed by atoms with E-state index in [4.69, 9.17) is 5.26 Å². The Morgan fingerprint density at radius 2 is 2.05 bits per heavy atom. The zero-order valence-corrected chi connectivity index (χ0v) is 13.7. The highest BCUT2D eigenvalue weighted by Gasteiger charge is 2.36. The summed E-state index contributed by atoms with van der Waals surface area (Å²) in [5.74, 6) is 1.80. The molecule has 2 saturated carbocycles. The highest BCUT2D eigenvalue weighted by atomic mass is 79.9. The van der Waals surface area contributed by atoms with Crippen LogP contribution in [0.2, 0.25) is 0 Å². The predicted octanol–water partition coefficient (Wildman–Crippen LogP) is 4.28. The quantitative estimate of drug-likeness (QED) is 0.816.